The minimum atomic E-state index is 0.533. The van der Waals surface area contributed by atoms with Crippen LogP contribution in [0.5, 0.6) is 11.5 Å². The molecule has 0 saturated heterocycles. The van der Waals surface area contributed by atoms with Crippen LogP contribution in [0, 0.1) is 13.8 Å². The molecule has 3 aromatic rings. The van der Waals surface area contributed by atoms with E-state index in [1.807, 2.05) is 85.8 Å². The lowest BCUT2D eigenvalue weighted by atomic mass is 10.2. The van der Waals surface area contributed by atoms with Gasteiger partial charge >= 0.3 is 0 Å². The van der Waals surface area contributed by atoms with Gasteiger partial charge in [-0.05, 0) is 62.2 Å². The summed E-state index contributed by atoms with van der Waals surface area (Å²) in [4.78, 5) is 4.72. The molecule has 28 heavy (non-hydrogen) atoms. The molecule has 0 spiro atoms. The van der Waals surface area contributed by atoms with Crippen LogP contribution in [-0.4, -0.2) is 5.90 Å². The molecule has 0 N–H and O–H groups in total. The molecule has 0 heterocycles. The fourth-order valence-electron chi connectivity index (χ4n) is 2.61. The van der Waals surface area contributed by atoms with Gasteiger partial charge in [-0.25, -0.2) is 4.99 Å². The summed E-state index contributed by atoms with van der Waals surface area (Å²) in [6.07, 6.45) is 2.45. The first-order chi connectivity index (χ1) is 13.6. The third-order valence-corrected chi connectivity index (χ3v) is 4.20. The van der Waals surface area contributed by atoms with Crippen molar-refractivity contribution in [2.45, 2.75) is 27.2 Å². The maximum absolute atomic E-state index is 6.14. The number of para-hydroxylation sites is 1. The van der Waals surface area contributed by atoms with Gasteiger partial charge in [0.15, 0.2) is 0 Å². The Bertz CT molecular complexity index is 957. The molecule has 0 amide bonds. The topological polar surface area (TPSA) is 30.8 Å². The maximum Gasteiger partial charge on any atom is 0.226 e. The van der Waals surface area contributed by atoms with E-state index >= 15 is 0 Å². The first-order valence-corrected chi connectivity index (χ1v) is 9.45. The van der Waals surface area contributed by atoms with Crippen LogP contribution in [0.15, 0.2) is 95.7 Å². The molecule has 0 unspecified atom stereocenters. The SMILES string of the molecule is CCC(=COc1cccc(C)c1)/C(=N\c1ccccc1)Oc1ccc(C)cc1. The van der Waals surface area contributed by atoms with E-state index in [9.17, 15) is 0 Å². The average molecular weight is 371 g/mol. The van der Waals surface area contributed by atoms with E-state index in [0.29, 0.717) is 5.90 Å². The fourth-order valence-corrected chi connectivity index (χ4v) is 2.61. The number of ether oxygens (including phenoxy) is 2. The summed E-state index contributed by atoms with van der Waals surface area (Å²) in [5, 5.41) is 0. The zero-order chi connectivity index (χ0) is 19.8. The summed E-state index contributed by atoms with van der Waals surface area (Å²) in [6, 6.07) is 25.7. The normalized spacial score (nSPS) is 12.0. The van der Waals surface area contributed by atoms with Crippen molar-refractivity contribution in [2.75, 3.05) is 0 Å². The van der Waals surface area contributed by atoms with Gasteiger partial charge < -0.3 is 9.47 Å². The van der Waals surface area contributed by atoms with Crippen molar-refractivity contribution < 1.29 is 9.47 Å². The first kappa shape index (κ1) is 19.4. The molecule has 0 atom stereocenters. The Morgan fingerprint density at radius 1 is 0.821 bits per heavy atom. The molecule has 142 valence electrons. The lowest BCUT2D eigenvalue weighted by Crippen LogP contribution is -2.12. The van der Waals surface area contributed by atoms with Crippen LogP contribution in [0.25, 0.3) is 0 Å². The van der Waals surface area contributed by atoms with E-state index in [0.717, 1.165) is 34.7 Å². The van der Waals surface area contributed by atoms with E-state index in [1.165, 1.54) is 5.56 Å². The molecule has 0 fully saturated rings. The number of hydrogen-bond donors (Lipinski definition) is 0. The van der Waals surface area contributed by atoms with E-state index in [-0.39, 0.29) is 0 Å². The standard InChI is InChI=1S/C25H25NO2/c1-4-21(18-27-24-12-8-9-20(3)17-24)25(26-22-10-6-5-7-11-22)28-23-15-13-19(2)14-16-23/h5-18H,4H2,1-3H3/b21-18?,26-25+. The quantitative estimate of drug-likeness (QED) is 0.271. The van der Waals surface area contributed by atoms with E-state index in [4.69, 9.17) is 14.5 Å². The van der Waals surface area contributed by atoms with Gasteiger partial charge in [0, 0.05) is 5.57 Å². The lowest BCUT2D eigenvalue weighted by molar-refractivity contribution is 0.471. The predicted molar refractivity (Wildman–Crippen MR) is 116 cm³/mol. The summed E-state index contributed by atoms with van der Waals surface area (Å²) in [7, 11) is 0. The van der Waals surface area contributed by atoms with Crippen molar-refractivity contribution in [1.82, 2.24) is 0 Å². The summed E-state index contributed by atoms with van der Waals surface area (Å²) in [5.74, 6) is 2.07. The van der Waals surface area contributed by atoms with Crippen molar-refractivity contribution in [3.63, 3.8) is 0 Å². The van der Waals surface area contributed by atoms with Gasteiger partial charge in [0.1, 0.15) is 11.5 Å². The van der Waals surface area contributed by atoms with Crippen molar-refractivity contribution in [3.8, 4) is 11.5 Å². The highest BCUT2D eigenvalue weighted by Crippen LogP contribution is 2.20. The number of hydrogen-bond acceptors (Lipinski definition) is 3. The first-order valence-electron chi connectivity index (χ1n) is 9.45. The molecule has 0 radical (unpaired) electrons. The molecular formula is C25H25NO2. The monoisotopic (exact) mass is 371 g/mol. The van der Waals surface area contributed by atoms with Gasteiger partial charge in [0.2, 0.25) is 5.90 Å². The molecule has 0 saturated carbocycles. The molecule has 3 aromatic carbocycles. The largest absolute Gasteiger partial charge is 0.465 e. The zero-order valence-electron chi connectivity index (χ0n) is 16.6. The van der Waals surface area contributed by atoms with Gasteiger partial charge in [0.25, 0.3) is 0 Å². The number of aliphatic imine (C=N–C) groups is 1. The Balaban J connectivity index is 1.91. The Morgan fingerprint density at radius 3 is 2.25 bits per heavy atom. The van der Waals surface area contributed by atoms with Crippen LogP contribution in [0.2, 0.25) is 0 Å². The van der Waals surface area contributed by atoms with E-state index < -0.39 is 0 Å². The molecule has 3 nitrogen and oxygen atoms in total. The van der Waals surface area contributed by atoms with Crippen LogP contribution >= 0.6 is 0 Å². The Hall–Kier alpha value is -3.33. The number of rotatable bonds is 6. The third-order valence-electron chi connectivity index (χ3n) is 4.20. The molecule has 3 rings (SSSR count). The van der Waals surface area contributed by atoms with Crippen LogP contribution in [0.1, 0.15) is 24.5 Å². The molecule has 0 aromatic heterocycles. The maximum atomic E-state index is 6.14. The van der Waals surface area contributed by atoms with Crippen molar-refractivity contribution in [1.29, 1.82) is 0 Å². The van der Waals surface area contributed by atoms with Crippen molar-refractivity contribution in [3.05, 3.63) is 102 Å². The summed E-state index contributed by atoms with van der Waals surface area (Å²) < 4.78 is 12.0. The molecule has 0 aliphatic rings. The van der Waals surface area contributed by atoms with Crippen LogP contribution in [0.4, 0.5) is 5.69 Å². The van der Waals surface area contributed by atoms with Gasteiger partial charge in [-0.1, -0.05) is 55.0 Å². The number of aryl methyl sites for hydroxylation is 2. The summed E-state index contributed by atoms with van der Waals surface area (Å²) in [6.45, 7) is 6.15. The van der Waals surface area contributed by atoms with Gasteiger partial charge in [-0.15, -0.1) is 0 Å². The predicted octanol–water partition coefficient (Wildman–Crippen LogP) is 6.79. The second kappa shape index (κ2) is 9.56. The average Bonchev–Trinajstić information content (AvgIpc) is 2.71. The zero-order valence-corrected chi connectivity index (χ0v) is 16.6. The van der Waals surface area contributed by atoms with E-state index in [1.54, 1.807) is 6.26 Å². The van der Waals surface area contributed by atoms with Crippen LogP contribution in [0.3, 0.4) is 0 Å². The molecule has 0 aliphatic carbocycles. The van der Waals surface area contributed by atoms with Gasteiger partial charge in [-0.2, -0.15) is 0 Å². The lowest BCUT2D eigenvalue weighted by Gasteiger charge is -2.12. The highest BCUT2D eigenvalue weighted by atomic mass is 16.5. The molecule has 3 heteroatoms. The molecule has 0 aliphatic heterocycles. The number of nitrogens with zero attached hydrogens (tertiary/aromatic N) is 1. The summed E-state index contributed by atoms with van der Waals surface area (Å²) in [5.41, 5.74) is 4.05. The summed E-state index contributed by atoms with van der Waals surface area (Å²) >= 11 is 0. The highest BCUT2D eigenvalue weighted by molar-refractivity contribution is 5.96. The Labute approximate surface area is 167 Å². The van der Waals surface area contributed by atoms with E-state index in [2.05, 4.69) is 13.8 Å². The Morgan fingerprint density at radius 2 is 1.57 bits per heavy atom. The Kier molecular flexibility index (Phi) is 6.64. The molecule has 0 bridgehead atoms. The fraction of sp³-hybridized carbons (Fsp3) is 0.160. The smallest absolute Gasteiger partial charge is 0.226 e. The third kappa shape index (κ3) is 5.58. The highest BCUT2D eigenvalue weighted by Gasteiger charge is 2.11. The van der Waals surface area contributed by atoms with Crippen molar-refractivity contribution in [2.24, 2.45) is 4.99 Å². The van der Waals surface area contributed by atoms with Crippen LogP contribution < -0.4 is 9.47 Å². The molecular weight excluding hydrogens is 346 g/mol. The minimum Gasteiger partial charge on any atom is -0.465 e. The van der Waals surface area contributed by atoms with Gasteiger partial charge in [-0.3, -0.25) is 0 Å². The second-order valence-electron chi connectivity index (χ2n) is 6.60. The van der Waals surface area contributed by atoms with Crippen LogP contribution in [-0.2, 0) is 0 Å². The van der Waals surface area contributed by atoms with Gasteiger partial charge in [0.05, 0.1) is 11.9 Å². The minimum absolute atomic E-state index is 0.533. The second-order valence-corrected chi connectivity index (χ2v) is 6.60. The van der Waals surface area contributed by atoms with Crippen molar-refractivity contribution >= 4 is 11.6 Å². The number of benzene rings is 3.